The first-order valence-electron chi connectivity index (χ1n) is 7.50. The van der Waals surface area contributed by atoms with Crippen LogP contribution in [0.25, 0.3) is 0 Å². The monoisotopic (exact) mass is 317 g/mol. The number of aryl methyl sites for hydroxylation is 1. The number of anilines is 1. The lowest BCUT2D eigenvalue weighted by atomic mass is 10.2. The third-order valence-corrected chi connectivity index (χ3v) is 3.12. The van der Waals surface area contributed by atoms with E-state index >= 15 is 0 Å². The second-order valence-corrected chi connectivity index (χ2v) is 5.03. The van der Waals surface area contributed by atoms with Gasteiger partial charge in [-0.15, -0.1) is 0 Å². The van der Waals surface area contributed by atoms with Crippen LogP contribution in [-0.2, 0) is 4.79 Å². The molecule has 2 rings (SSSR count). The molecule has 0 saturated heterocycles. The molecule has 0 aliphatic carbocycles. The molecule has 0 spiro atoms. The number of carbonyl (C=O) groups is 1. The Morgan fingerprint density at radius 1 is 1.13 bits per heavy atom. The molecular weight excluding hydrogens is 297 g/mol. The lowest BCUT2D eigenvalue weighted by Gasteiger charge is -2.12. The second-order valence-electron chi connectivity index (χ2n) is 5.03. The molecule has 0 radical (unpaired) electrons. The van der Waals surface area contributed by atoms with E-state index in [1.807, 2.05) is 32.0 Å². The lowest BCUT2D eigenvalue weighted by molar-refractivity contribution is -0.116. The van der Waals surface area contributed by atoms with Gasteiger partial charge in [0.15, 0.2) is 0 Å². The molecule has 0 saturated carbocycles. The third kappa shape index (κ3) is 5.29. The van der Waals surface area contributed by atoms with Crippen molar-refractivity contribution in [3.8, 4) is 11.5 Å². The molecule has 0 aliphatic heterocycles. The summed E-state index contributed by atoms with van der Waals surface area (Å²) >= 11 is 0. The number of carbonyl (C=O) groups excluding carboxylic acids is 1. The predicted octanol–water partition coefficient (Wildman–Crippen LogP) is 3.94. The standard InChI is InChI=1S/C18H20FNO3/c1-3-22-17-12-13(2)4-9-16(17)20-18(21)10-11-23-15-7-5-14(19)6-8-15/h4-9,12H,3,10-11H2,1-2H3,(H,20,21). The highest BCUT2D eigenvalue weighted by molar-refractivity contribution is 5.92. The first kappa shape index (κ1) is 16.8. The van der Waals surface area contributed by atoms with E-state index < -0.39 is 0 Å². The van der Waals surface area contributed by atoms with Gasteiger partial charge in [0.05, 0.1) is 25.3 Å². The molecule has 0 atom stereocenters. The van der Waals surface area contributed by atoms with Crippen LogP contribution < -0.4 is 14.8 Å². The quantitative estimate of drug-likeness (QED) is 0.841. The molecule has 5 heteroatoms. The third-order valence-electron chi connectivity index (χ3n) is 3.12. The van der Waals surface area contributed by atoms with Gasteiger partial charge < -0.3 is 14.8 Å². The molecule has 0 unspecified atom stereocenters. The minimum Gasteiger partial charge on any atom is -0.493 e. The first-order chi connectivity index (χ1) is 11.1. The predicted molar refractivity (Wildman–Crippen MR) is 87.5 cm³/mol. The van der Waals surface area contributed by atoms with Gasteiger partial charge in [-0.2, -0.15) is 0 Å². The van der Waals surface area contributed by atoms with Crippen molar-refractivity contribution in [2.75, 3.05) is 18.5 Å². The van der Waals surface area contributed by atoms with Crippen LogP contribution >= 0.6 is 0 Å². The number of ether oxygens (including phenoxy) is 2. The topological polar surface area (TPSA) is 47.6 Å². The SMILES string of the molecule is CCOc1cc(C)ccc1NC(=O)CCOc1ccc(F)cc1. The number of halogens is 1. The van der Waals surface area contributed by atoms with Gasteiger partial charge in [-0.25, -0.2) is 4.39 Å². The summed E-state index contributed by atoms with van der Waals surface area (Å²) in [6, 6.07) is 11.3. The summed E-state index contributed by atoms with van der Waals surface area (Å²) in [5.41, 5.74) is 1.70. The average Bonchev–Trinajstić information content (AvgIpc) is 2.52. The Morgan fingerprint density at radius 3 is 2.57 bits per heavy atom. The van der Waals surface area contributed by atoms with Crippen LogP contribution in [0.5, 0.6) is 11.5 Å². The molecule has 4 nitrogen and oxygen atoms in total. The largest absolute Gasteiger partial charge is 0.493 e. The van der Waals surface area contributed by atoms with Crippen molar-refractivity contribution >= 4 is 11.6 Å². The maximum absolute atomic E-state index is 12.8. The Bertz CT molecular complexity index is 656. The fourth-order valence-corrected chi connectivity index (χ4v) is 2.01. The first-order valence-corrected chi connectivity index (χ1v) is 7.50. The second kappa shape index (κ2) is 8.17. The summed E-state index contributed by atoms with van der Waals surface area (Å²) in [5, 5.41) is 2.81. The van der Waals surface area contributed by atoms with Crippen molar-refractivity contribution < 1.29 is 18.7 Å². The Morgan fingerprint density at radius 2 is 1.87 bits per heavy atom. The van der Waals surface area contributed by atoms with Crippen LogP contribution in [0, 0.1) is 12.7 Å². The number of nitrogens with one attached hydrogen (secondary N) is 1. The molecule has 0 aliphatic rings. The fourth-order valence-electron chi connectivity index (χ4n) is 2.01. The van der Waals surface area contributed by atoms with Gasteiger partial charge in [0.25, 0.3) is 0 Å². The van der Waals surface area contributed by atoms with Crippen LogP contribution in [0.3, 0.4) is 0 Å². The Balaban J connectivity index is 1.86. The van der Waals surface area contributed by atoms with E-state index in [-0.39, 0.29) is 24.8 Å². The lowest BCUT2D eigenvalue weighted by Crippen LogP contribution is -2.16. The maximum Gasteiger partial charge on any atom is 0.227 e. The van der Waals surface area contributed by atoms with Gasteiger partial charge in [-0.1, -0.05) is 6.07 Å². The minimum atomic E-state index is -0.321. The summed E-state index contributed by atoms with van der Waals surface area (Å²) in [7, 11) is 0. The number of rotatable bonds is 7. The molecule has 0 aromatic heterocycles. The molecule has 0 bridgehead atoms. The average molecular weight is 317 g/mol. The highest BCUT2D eigenvalue weighted by Crippen LogP contribution is 2.25. The van der Waals surface area contributed by atoms with Crippen molar-refractivity contribution in [3.05, 3.63) is 53.8 Å². The summed E-state index contributed by atoms with van der Waals surface area (Å²) in [6.07, 6.45) is 0.191. The summed E-state index contributed by atoms with van der Waals surface area (Å²) in [5.74, 6) is 0.694. The number of benzene rings is 2. The van der Waals surface area contributed by atoms with Crippen molar-refractivity contribution in [1.82, 2.24) is 0 Å². The van der Waals surface area contributed by atoms with E-state index in [1.54, 1.807) is 0 Å². The normalized spacial score (nSPS) is 10.2. The zero-order chi connectivity index (χ0) is 16.7. The van der Waals surface area contributed by atoms with Crippen LogP contribution in [0.15, 0.2) is 42.5 Å². The van der Waals surface area contributed by atoms with E-state index in [9.17, 15) is 9.18 Å². The van der Waals surface area contributed by atoms with Crippen LogP contribution in [0.1, 0.15) is 18.9 Å². The van der Waals surface area contributed by atoms with Gasteiger partial charge in [-0.05, 0) is 55.8 Å². The van der Waals surface area contributed by atoms with E-state index in [1.165, 1.54) is 24.3 Å². The van der Waals surface area contributed by atoms with Crippen molar-refractivity contribution in [1.29, 1.82) is 0 Å². The molecule has 23 heavy (non-hydrogen) atoms. The van der Waals surface area contributed by atoms with Gasteiger partial charge >= 0.3 is 0 Å². The van der Waals surface area contributed by atoms with Crippen molar-refractivity contribution in [2.24, 2.45) is 0 Å². The Hall–Kier alpha value is -2.56. The molecule has 1 amide bonds. The maximum atomic E-state index is 12.8. The summed E-state index contributed by atoms with van der Waals surface area (Å²) < 4.78 is 23.7. The van der Waals surface area contributed by atoms with E-state index in [0.717, 1.165) is 5.56 Å². The van der Waals surface area contributed by atoms with Crippen LogP contribution in [0.2, 0.25) is 0 Å². The van der Waals surface area contributed by atoms with Gasteiger partial charge in [-0.3, -0.25) is 4.79 Å². The van der Waals surface area contributed by atoms with Gasteiger partial charge in [0, 0.05) is 0 Å². The van der Waals surface area contributed by atoms with Crippen LogP contribution in [0.4, 0.5) is 10.1 Å². The van der Waals surface area contributed by atoms with Crippen molar-refractivity contribution in [3.63, 3.8) is 0 Å². The highest BCUT2D eigenvalue weighted by atomic mass is 19.1. The zero-order valence-corrected chi connectivity index (χ0v) is 13.3. The Kier molecular flexibility index (Phi) is 5.97. The molecule has 1 N–H and O–H groups in total. The molecule has 2 aromatic carbocycles. The number of hydrogen-bond donors (Lipinski definition) is 1. The minimum absolute atomic E-state index is 0.170. The van der Waals surface area contributed by atoms with E-state index in [0.29, 0.717) is 23.8 Å². The van der Waals surface area contributed by atoms with Crippen LogP contribution in [-0.4, -0.2) is 19.1 Å². The summed E-state index contributed by atoms with van der Waals surface area (Å²) in [6.45, 7) is 4.60. The number of hydrogen-bond acceptors (Lipinski definition) is 3. The fraction of sp³-hybridized carbons (Fsp3) is 0.278. The molecule has 2 aromatic rings. The molecule has 122 valence electrons. The van der Waals surface area contributed by atoms with Crippen molar-refractivity contribution in [2.45, 2.75) is 20.3 Å². The molecule has 0 heterocycles. The summed E-state index contributed by atoms with van der Waals surface area (Å²) in [4.78, 5) is 12.0. The molecule has 0 fully saturated rings. The Labute approximate surface area is 135 Å². The zero-order valence-electron chi connectivity index (χ0n) is 13.3. The molecular formula is C18H20FNO3. The van der Waals surface area contributed by atoms with E-state index in [2.05, 4.69) is 5.32 Å². The smallest absolute Gasteiger partial charge is 0.227 e. The number of amides is 1. The van der Waals surface area contributed by atoms with Gasteiger partial charge in [0.2, 0.25) is 5.91 Å². The highest BCUT2D eigenvalue weighted by Gasteiger charge is 2.08. The van der Waals surface area contributed by atoms with E-state index in [4.69, 9.17) is 9.47 Å². The van der Waals surface area contributed by atoms with Gasteiger partial charge in [0.1, 0.15) is 17.3 Å².